The minimum Gasteiger partial charge on any atom is -0.444 e. The number of benzene rings is 1. The van der Waals surface area contributed by atoms with Crippen LogP contribution in [0.2, 0.25) is 0 Å². The summed E-state index contributed by atoms with van der Waals surface area (Å²) in [6, 6.07) is 11.7. The van der Waals surface area contributed by atoms with Gasteiger partial charge in [0.05, 0.1) is 5.56 Å². The van der Waals surface area contributed by atoms with Gasteiger partial charge in [-0.2, -0.15) is 0 Å². The van der Waals surface area contributed by atoms with E-state index in [2.05, 4.69) is 22.0 Å². The Balaban J connectivity index is 1.36. The third-order valence-corrected chi connectivity index (χ3v) is 6.76. The molecular weight excluding hydrogens is 454 g/mol. The third kappa shape index (κ3) is 6.47. The molecule has 2 aliphatic heterocycles. The number of piperidine rings is 1. The van der Waals surface area contributed by atoms with E-state index in [1.54, 1.807) is 4.90 Å². The number of carbonyl (C=O) groups excluding carboxylic acids is 2. The maximum absolute atomic E-state index is 13.2. The summed E-state index contributed by atoms with van der Waals surface area (Å²) < 4.78 is 5.49. The van der Waals surface area contributed by atoms with Gasteiger partial charge in [0.25, 0.3) is 5.91 Å². The molecule has 1 aromatic heterocycles. The van der Waals surface area contributed by atoms with Gasteiger partial charge in [-0.3, -0.25) is 4.79 Å². The van der Waals surface area contributed by atoms with E-state index >= 15 is 0 Å². The molecule has 1 aromatic carbocycles. The number of piperazine rings is 1. The number of hydrogen-bond acceptors (Lipinski definition) is 6. The minimum absolute atomic E-state index is 0.144. The molecule has 3 heterocycles. The molecule has 0 unspecified atom stereocenters. The molecule has 0 bridgehead atoms. The first kappa shape index (κ1) is 25.8. The van der Waals surface area contributed by atoms with Crippen LogP contribution in [0, 0.1) is 12.8 Å². The van der Waals surface area contributed by atoms with Crippen molar-refractivity contribution in [3.05, 3.63) is 47.7 Å². The second-order valence-corrected chi connectivity index (χ2v) is 10.9. The Labute approximate surface area is 214 Å². The van der Waals surface area contributed by atoms with Crippen molar-refractivity contribution in [1.29, 1.82) is 0 Å². The van der Waals surface area contributed by atoms with Gasteiger partial charge in [-0.05, 0) is 82.9 Å². The van der Waals surface area contributed by atoms with Crippen molar-refractivity contribution in [3.63, 3.8) is 0 Å². The van der Waals surface area contributed by atoms with E-state index in [0.29, 0.717) is 24.6 Å². The first-order chi connectivity index (χ1) is 17.1. The molecular formula is C28H39N5O3. The number of hydrogen-bond donors (Lipinski definition) is 1. The average Bonchev–Trinajstić information content (AvgIpc) is 2.84. The fourth-order valence-corrected chi connectivity index (χ4v) is 4.61. The number of anilines is 3. The summed E-state index contributed by atoms with van der Waals surface area (Å²) in [7, 11) is 0. The lowest BCUT2D eigenvalue weighted by Crippen LogP contribution is -2.50. The normalized spacial score (nSPS) is 17.2. The van der Waals surface area contributed by atoms with E-state index in [9.17, 15) is 9.59 Å². The van der Waals surface area contributed by atoms with Gasteiger partial charge in [-0.1, -0.05) is 6.92 Å². The van der Waals surface area contributed by atoms with E-state index in [0.717, 1.165) is 61.9 Å². The summed E-state index contributed by atoms with van der Waals surface area (Å²) in [5, 5.41) is 3.05. The van der Waals surface area contributed by atoms with Crippen LogP contribution in [0.4, 0.5) is 22.0 Å². The molecule has 2 amide bonds. The molecule has 2 fully saturated rings. The quantitative estimate of drug-likeness (QED) is 0.650. The van der Waals surface area contributed by atoms with Gasteiger partial charge in [0.15, 0.2) is 0 Å². The van der Waals surface area contributed by atoms with E-state index in [4.69, 9.17) is 9.72 Å². The third-order valence-electron chi connectivity index (χ3n) is 6.76. The van der Waals surface area contributed by atoms with Crippen LogP contribution in [-0.2, 0) is 4.74 Å². The summed E-state index contributed by atoms with van der Waals surface area (Å²) in [6.45, 7) is 14.4. The molecule has 0 spiro atoms. The number of ether oxygens (including phenoxy) is 1. The molecule has 0 radical (unpaired) electrons. The Morgan fingerprint density at radius 2 is 1.56 bits per heavy atom. The number of aromatic nitrogens is 1. The SMILES string of the molecule is Cc1ccc(C(=O)Nc2ccc(N3CCN(C(=O)OC(C)(C)C)CC3)cc2)c(N2CCC(C)CC2)n1. The molecule has 0 saturated carbocycles. The molecule has 2 saturated heterocycles. The largest absolute Gasteiger partial charge is 0.444 e. The van der Waals surface area contributed by atoms with Gasteiger partial charge in [0.2, 0.25) is 0 Å². The van der Waals surface area contributed by atoms with Crippen LogP contribution in [-0.4, -0.2) is 66.8 Å². The molecule has 194 valence electrons. The first-order valence-electron chi connectivity index (χ1n) is 13.0. The van der Waals surface area contributed by atoms with Gasteiger partial charge in [-0.15, -0.1) is 0 Å². The molecule has 1 N–H and O–H groups in total. The predicted octanol–water partition coefficient (Wildman–Crippen LogP) is 4.94. The molecule has 8 heteroatoms. The lowest BCUT2D eigenvalue weighted by atomic mass is 9.99. The van der Waals surface area contributed by atoms with Crippen LogP contribution in [0.3, 0.4) is 0 Å². The number of carbonyl (C=O) groups is 2. The van der Waals surface area contributed by atoms with Crippen molar-refractivity contribution in [1.82, 2.24) is 9.88 Å². The van der Waals surface area contributed by atoms with Gasteiger partial charge >= 0.3 is 6.09 Å². The summed E-state index contributed by atoms with van der Waals surface area (Å²) in [5.41, 5.74) is 2.84. The predicted molar refractivity (Wildman–Crippen MR) is 144 cm³/mol. The summed E-state index contributed by atoms with van der Waals surface area (Å²) in [5.74, 6) is 1.34. The van der Waals surface area contributed by atoms with E-state index in [1.807, 2.05) is 64.1 Å². The van der Waals surface area contributed by atoms with Crippen molar-refractivity contribution in [2.24, 2.45) is 5.92 Å². The van der Waals surface area contributed by atoms with E-state index in [-0.39, 0.29) is 12.0 Å². The zero-order valence-electron chi connectivity index (χ0n) is 22.2. The Hall–Kier alpha value is -3.29. The standard InChI is InChI=1S/C28H39N5O3/c1-20-12-14-32(15-13-20)25-24(11-6-21(2)29-25)26(34)30-22-7-9-23(10-8-22)31-16-18-33(19-17-31)27(35)36-28(3,4)5/h6-11,20H,12-19H2,1-5H3,(H,30,34). The lowest BCUT2D eigenvalue weighted by Gasteiger charge is -2.36. The van der Waals surface area contributed by atoms with E-state index < -0.39 is 5.60 Å². The number of nitrogens with zero attached hydrogens (tertiary/aromatic N) is 4. The van der Waals surface area contributed by atoms with Gasteiger partial charge in [0.1, 0.15) is 11.4 Å². The molecule has 0 atom stereocenters. The lowest BCUT2D eigenvalue weighted by molar-refractivity contribution is 0.0240. The number of aryl methyl sites for hydroxylation is 1. The second-order valence-electron chi connectivity index (χ2n) is 10.9. The molecule has 4 rings (SSSR count). The zero-order valence-corrected chi connectivity index (χ0v) is 22.2. The Morgan fingerprint density at radius 3 is 2.17 bits per heavy atom. The van der Waals surface area contributed by atoms with E-state index in [1.165, 1.54) is 0 Å². The van der Waals surface area contributed by atoms with Gasteiger partial charge in [-0.25, -0.2) is 9.78 Å². The highest BCUT2D eigenvalue weighted by molar-refractivity contribution is 6.07. The van der Waals surface area contributed by atoms with Crippen LogP contribution < -0.4 is 15.1 Å². The van der Waals surface area contributed by atoms with Crippen molar-refractivity contribution >= 4 is 29.2 Å². The molecule has 2 aliphatic rings. The molecule has 2 aromatic rings. The average molecular weight is 494 g/mol. The summed E-state index contributed by atoms with van der Waals surface area (Å²) in [6.07, 6.45) is 1.97. The second kappa shape index (κ2) is 10.8. The van der Waals surface area contributed by atoms with Crippen molar-refractivity contribution in [3.8, 4) is 0 Å². The Kier molecular flexibility index (Phi) is 7.71. The monoisotopic (exact) mass is 493 g/mol. The zero-order chi connectivity index (χ0) is 25.9. The molecule has 8 nitrogen and oxygen atoms in total. The summed E-state index contributed by atoms with van der Waals surface area (Å²) in [4.78, 5) is 36.5. The van der Waals surface area contributed by atoms with Crippen molar-refractivity contribution in [2.75, 3.05) is 54.4 Å². The fraction of sp³-hybridized carbons (Fsp3) is 0.536. The Morgan fingerprint density at radius 1 is 0.917 bits per heavy atom. The number of nitrogens with one attached hydrogen (secondary N) is 1. The van der Waals surface area contributed by atoms with Crippen molar-refractivity contribution in [2.45, 2.75) is 53.1 Å². The first-order valence-corrected chi connectivity index (χ1v) is 13.0. The smallest absolute Gasteiger partial charge is 0.410 e. The number of rotatable bonds is 4. The van der Waals surface area contributed by atoms with Crippen LogP contribution in [0.1, 0.15) is 56.6 Å². The highest BCUT2D eigenvalue weighted by Gasteiger charge is 2.26. The maximum Gasteiger partial charge on any atom is 0.410 e. The number of amides is 2. The maximum atomic E-state index is 13.2. The fourth-order valence-electron chi connectivity index (χ4n) is 4.61. The van der Waals surface area contributed by atoms with Crippen LogP contribution >= 0.6 is 0 Å². The van der Waals surface area contributed by atoms with Crippen LogP contribution in [0.15, 0.2) is 36.4 Å². The Bertz CT molecular complexity index is 1060. The number of pyridine rings is 1. The molecule has 0 aliphatic carbocycles. The van der Waals surface area contributed by atoms with Gasteiger partial charge in [0, 0.05) is 56.3 Å². The molecule has 36 heavy (non-hydrogen) atoms. The minimum atomic E-state index is -0.490. The topological polar surface area (TPSA) is 78.0 Å². The summed E-state index contributed by atoms with van der Waals surface area (Å²) >= 11 is 0. The van der Waals surface area contributed by atoms with Crippen molar-refractivity contribution < 1.29 is 14.3 Å². The van der Waals surface area contributed by atoms with Crippen LogP contribution in [0.5, 0.6) is 0 Å². The highest BCUT2D eigenvalue weighted by atomic mass is 16.6. The highest BCUT2D eigenvalue weighted by Crippen LogP contribution is 2.26. The van der Waals surface area contributed by atoms with Gasteiger partial charge < -0.3 is 24.8 Å². The van der Waals surface area contributed by atoms with Crippen LogP contribution in [0.25, 0.3) is 0 Å².